The van der Waals surface area contributed by atoms with Crippen LogP contribution < -0.4 is 0 Å². The van der Waals surface area contributed by atoms with Crippen molar-refractivity contribution < 1.29 is 34.3 Å². The Balaban J connectivity index is 1.58. The van der Waals surface area contributed by atoms with E-state index < -0.39 is 43.4 Å². The molecule has 186 valence electrons. The van der Waals surface area contributed by atoms with Gasteiger partial charge < -0.3 is 34.3 Å². The summed E-state index contributed by atoms with van der Waals surface area (Å²) in [6, 6.07) is 28.8. The lowest BCUT2D eigenvalue weighted by Gasteiger charge is -2.45. The number of rotatable bonds is 11. The Morgan fingerprint density at radius 2 is 1.03 bits per heavy atom. The second-order valence-corrected chi connectivity index (χ2v) is 8.52. The van der Waals surface area contributed by atoms with Crippen molar-refractivity contribution in [3.05, 3.63) is 108 Å². The van der Waals surface area contributed by atoms with Crippen molar-refractivity contribution in [1.82, 2.24) is 0 Å². The van der Waals surface area contributed by atoms with E-state index in [1.165, 1.54) is 0 Å². The van der Waals surface area contributed by atoms with Crippen molar-refractivity contribution in [3.8, 4) is 0 Å². The van der Waals surface area contributed by atoms with Crippen LogP contribution in [0.3, 0.4) is 0 Å². The van der Waals surface area contributed by atoms with Crippen LogP contribution in [0.1, 0.15) is 16.7 Å². The zero-order valence-electron chi connectivity index (χ0n) is 19.4. The second-order valence-electron chi connectivity index (χ2n) is 8.52. The molecule has 0 aromatic heterocycles. The molecule has 4 rings (SSSR count). The van der Waals surface area contributed by atoms with Crippen molar-refractivity contribution in [3.63, 3.8) is 0 Å². The lowest BCUT2D eigenvalue weighted by Crippen LogP contribution is -2.63. The minimum atomic E-state index is -1.39. The highest BCUT2D eigenvalue weighted by atomic mass is 16.7. The van der Waals surface area contributed by atoms with Gasteiger partial charge in [0.05, 0.1) is 26.4 Å². The Morgan fingerprint density at radius 3 is 1.46 bits per heavy atom. The molecular formula is C28H32O7. The number of benzene rings is 3. The van der Waals surface area contributed by atoms with E-state index in [1.807, 2.05) is 91.0 Å². The van der Waals surface area contributed by atoms with Crippen molar-refractivity contribution in [2.24, 2.45) is 0 Å². The van der Waals surface area contributed by atoms with Gasteiger partial charge in [-0.25, -0.2) is 0 Å². The van der Waals surface area contributed by atoms with Gasteiger partial charge in [0, 0.05) is 0 Å². The molecule has 1 fully saturated rings. The third kappa shape index (κ3) is 6.96. The molecule has 0 spiro atoms. The van der Waals surface area contributed by atoms with Crippen LogP contribution in [-0.2, 0) is 38.8 Å². The van der Waals surface area contributed by atoms with Crippen LogP contribution in [0.15, 0.2) is 91.0 Å². The fraction of sp³-hybridized carbons (Fsp3) is 0.357. The first-order chi connectivity index (χ1) is 17.2. The molecule has 0 bridgehead atoms. The smallest absolute Gasteiger partial charge is 0.184 e. The molecule has 3 N–H and O–H groups in total. The van der Waals surface area contributed by atoms with Crippen LogP contribution in [-0.4, -0.2) is 58.7 Å². The normalized spacial score (nSPS) is 25.3. The molecule has 1 aliphatic heterocycles. The van der Waals surface area contributed by atoms with E-state index in [2.05, 4.69) is 0 Å². The maximum absolute atomic E-state index is 10.9. The quantitative estimate of drug-likeness (QED) is 0.388. The number of hydrogen-bond donors (Lipinski definition) is 3. The molecule has 6 atom stereocenters. The summed E-state index contributed by atoms with van der Waals surface area (Å²) >= 11 is 0. The summed E-state index contributed by atoms with van der Waals surface area (Å²) in [6.07, 6.45) is -6.16. The highest BCUT2D eigenvalue weighted by molar-refractivity contribution is 5.15. The highest BCUT2D eigenvalue weighted by Gasteiger charge is 2.50. The van der Waals surface area contributed by atoms with E-state index in [0.717, 1.165) is 16.7 Å². The van der Waals surface area contributed by atoms with Crippen LogP contribution >= 0.6 is 0 Å². The fourth-order valence-corrected chi connectivity index (χ4v) is 4.12. The van der Waals surface area contributed by atoms with Gasteiger partial charge in [-0.05, 0) is 16.7 Å². The Hall–Kier alpha value is -2.62. The largest absolute Gasteiger partial charge is 0.394 e. The van der Waals surface area contributed by atoms with Gasteiger partial charge in [0.25, 0.3) is 0 Å². The van der Waals surface area contributed by atoms with E-state index in [1.54, 1.807) is 0 Å². The number of ether oxygens (including phenoxy) is 4. The third-order valence-corrected chi connectivity index (χ3v) is 5.97. The molecule has 1 heterocycles. The van der Waals surface area contributed by atoms with Gasteiger partial charge in [0.1, 0.15) is 30.5 Å². The lowest BCUT2D eigenvalue weighted by molar-refractivity contribution is -0.325. The molecule has 1 unspecified atom stereocenters. The number of hydrogen-bond acceptors (Lipinski definition) is 7. The number of aliphatic hydroxyl groups is 3. The van der Waals surface area contributed by atoms with Crippen LogP contribution in [0.25, 0.3) is 0 Å². The number of aliphatic hydroxyl groups excluding tert-OH is 3. The predicted octanol–water partition coefficient (Wildman–Crippen LogP) is 2.81. The summed E-state index contributed by atoms with van der Waals surface area (Å²) in [4.78, 5) is 0. The molecule has 3 aromatic carbocycles. The summed E-state index contributed by atoms with van der Waals surface area (Å²) in [5.74, 6) is 0. The maximum atomic E-state index is 10.9. The Morgan fingerprint density at radius 1 is 0.629 bits per heavy atom. The first-order valence-electron chi connectivity index (χ1n) is 11.7. The highest BCUT2D eigenvalue weighted by Crippen LogP contribution is 2.31. The monoisotopic (exact) mass is 480 g/mol. The zero-order chi connectivity index (χ0) is 24.5. The average Bonchev–Trinajstić information content (AvgIpc) is 2.91. The molecule has 35 heavy (non-hydrogen) atoms. The van der Waals surface area contributed by atoms with Crippen LogP contribution in [0.2, 0.25) is 0 Å². The van der Waals surface area contributed by atoms with Crippen molar-refractivity contribution >= 4 is 0 Å². The topological polar surface area (TPSA) is 97.6 Å². The van der Waals surface area contributed by atoms with Gasteiger partial charge in [-0.2, -0.15) is 0 Å². The van der Waals surface area contributed by atoms with Crippen molar-refractivity contribution in [2.75, 3.05) is 6.61 Å². The average molecular weight is 481 g/mol. The Bertz CT molecular complexity index is 986. The van der Waals surface area contributed by atoms with Crippen molar-refractivity contribution in [2.45, 2.75) is 56.6 Å². The Labute approximate surface area is 205 Å². The first kappa shape index (κ1) is 25.5. The van der Waals surface area contributed by atoms with Gasteiger partial charge in [-0.15, -0.1) is 0 Å². The molecule has 0 aliphatic carbocycles. The maximum Gasteiger partial charge on any atom is 0.184 e. The zero-order valence-corrected chi connectivity index (χ0v) is 19.4. The van der Waals surface area contributed by atoms with Crippen LogP contribution in [0.4, 0.5) is 0 Å². The summed E-state index contributed by atoms with van der Waals surface area (Å²) < 4.78 is 24.3. The Kier molecular flexibility index (Phi) is 9.39. The summed E-state index contributed by atoms with van der Waals surface area (Å²) in [7, 11) is 0. The van der Waals surface area contributed by atoms with E-state index in [4.69, 9.17) is 18.9 Å². The minimum absolute atomic E-state index is 0.232. The van der Waals surface area contributed by atoms with E-state index in [9.17, 15) is 15.3 Å². The summed E-state index contributed by atoms with van der Waals surface area (Å²) in [5, 5.41) is 31.0. The van der Waals surface area contributed by atoms with Crippen molar-refractivity contribution in [1.29, 1.82) is 0 Å². The molecular weight excluding hydrogens is 448 g/mol. The molecule has 0 saturated carbocycles. The van der Waals surface area contributed by atoms with Crippen LogP contribution in [0.5, 0.6) is 0 Å². The van der Waals surface area contributed by atoms with Crippen LogP contribution in [0, 0.1) is 0 Å². The fourth-order valence-electron chi connectivity index (χ4n) is 4.12. The van der Waals surface area contributed by atoms with Gasteiger partial charge >= 0.3 is 0 Å². The summed E-state index contributed by atoms with van der Waals surface area (Å²) in [5.41, 5.74) is 2.80. The standard InChI is InChI=1S/C28H32O7/c29-16-23(30)24-25(32-17-20-10-4-1-5-11-20)26(33-18-21-12-6-2-7-13-21)27(28(31)35-24)34-19-22-14-8-3-9-15-22/h1-15,23-31H,16-19H2/t23-,24-,25-,26+,27+,28?/m1/s1. The van der Waals surface area contributed by atoms with E-state index >= 15 is 0 Å². The predicted molar refractivity (Wildman–Crippen MR) is 129 cm³/mol. The molecule has 0 radical (unpaired) electrons. The molecule has 1 saturated heterocycles. The first-order valence-corrected chi connectivity index (χ1v) is 11.7. The SMILES string of the molecule is OC[C@@H](O)[C@H]1OC(O)[C@@H](OCc2ccccc2)[C@@H](OCc2ccccc2)[C@@H]1OCc1ccccc1. The minimum Gasteiger partial charge on any atom is -0.394 e. The van der Waals surface area contributed by atoms with Gasteiger partial charge in [0.15, 0.2) is 6.29 Å². The second kappa shape index (κ2) is 12.9. The van der Waals surface area contributed by atoms with Gasteiger partial charge in [-0.3, -0.25) is 0 Å². The molecule has 7 heteroatoms. The molecule has 0 amide bonds. The molecule has 3 aromatic rings. The molecule has 1 aliphatic rings. The lowest BCUT2D eigenvalue weighted by atomic mass is 9.94. The van der Waals surface area contributed by atoms with E-state index in [0.29, 0.717) is 0 Å². The molecule has 7 nitrogen and oxygen atoms in total. The third-order valence-electron chi connectivity index (χ3n) is 5.97. The summed E-state index contributed by atoms with van der Waals surface area (Å²) in [6.45, 7) is 0.159. The van der Waals surface area contributed by atoms with Gasteiger partial charge in [-0.1, -0.05) is 91.0 Å². The van der Waals surface area contributed by atoms with Gasteiger partial charge in [0.2, 0.25) is 0 Å². The van der Waals surface area contributed by atoms with E-state index in [-0.39, 0.29) is 19.8 Å².